The largest absolute Gasteiger partial charge is 0.469 e. The number of halogens is 1. The highest BCUT2D eigenvalue weighted by Gasteiger charge is 2.16. The van der Waals surface area contributed by atoms with Crippen LogP contribution in [-0.2, 0) is 27.2 Å². The molecule has 0 spiro atoms. The molecule has 0 radical (unpaired) electrons. The van der Waals surface area contributed by atoms with Crippen molar-refractivity contribution < 1.29 is 14.3 Å². The average molecular weight is 531 g/mol. The minimum Gasteiger partial charge on any atom is -0.469 e. The van der Waals surface area contributed by atoms with E-state index in [0.717, 1.165) is 35.2 Å². The molecule has 0 saturated heterocycles. The van der Waals surface area contributed by atoms with Gasteiger partial charge in [0.15, 0.2) is 0 Å². The standard InChI is InChI=1S/C27H31ClN2O3S2/c1-30(2)25(31)13-15-34-27(35-16-14-26(32)33-3)21-6-4-5-19(17-21)7-11-23-12-9-20-8-10-22(28)18-24(20)29-23/h4-6,8-10,12,17-18,27H,7,11,13-16H2,1-3H3. The van der Waals surface area contributed by atoms with Gasteiger partial charge in [0, 0.05) is 48.1 Å². The molecule has 5 nitrogen and oxygen atoms in total. The molecule has 1 unspecified atom stereocenters. The van der Waals surface area contributed by atoms with Gasteiger partial charge in [-0.25, -0.2) is 0 Å². The number of pyridine rings is 1. The van der Waals surface area contributed by atoms with E-state index in [1.54, 1.807) is 42.5 Å². The molecule has 0 aliphatic rings. The second-order valence-corrected chi connectivity index (χ2v) is 11.5. The topological polar surface area (TPSA) is 59.5 Å². The van der Waals surface area contributed by atoms with Gasteiger partial charge in [0.2, 0.25) is 5.91 Å². The third kappa shape index (κ3) is 8.74. The molecule has 186 valence electrons. The zero-order valence-electron chi connectivity index (χ0n) is 20.3. The van der Waals surface area contributed by atoms with Gasteiger partial charge in [0.25, 0.3) is 0 Å². The van der Waals surface area contributed by atoms with Crippen molar-refractivity contribution in [3.63, 3.8) is 0 Å². The van der Waals surface area contributed by atoms with Crippen molar-refractivity contribution in [2.24, 2.45) is 0 Å². The molecule has 35 heavy (non-hydrogen) atoms. The highest BCUT2D eigenvalue weighted by molar-refractivity contribution is 8.16. The molecule has 0 bridgehead atoms. The summed E-state index contributed by atoms with van der Waals surface area (Å²) >= 11 is 9.59. The number of rotatable bonds is 12. The fraction of sp³-hybridized carbons (Fsp3) is 0.370. The highest BCUT2D eigenvalue weighted by atomic mass is 35.5. The lowest BCUT2D eigenvalue weighted by Gasteiger charge is -2.18. The van der Waals surface area contributed by atoms with E-state index in [0.29, 0.717) is 23.6 Å². The van der Waals surface area contributed by atoms with Crippen molar-refractivity contribution in [1.82, 2.24) is 9.88 Å². The van der Waals surface area contributed by atoms with Crippen LogP contribution in [0.3, 0.4) is 0 Å². The summed E-state index contributed by atoms with van der Waals surface area (Å²) in [6.07, 6.45) is 2.56. The first-order valence-corrected chi connectivity index (χ1v) is 14.0. The smallest absolute Gasteiger partial charge is 0.306 e. The van der Waals surface area contributed by atoms with Gasteiger partial charge in [0.05, 0.1) is 23.6 Å². The SMILES string of the molecule is COC(=O)CCSC(SCCC(=O)N(C)C)c1cccc(CCc2ccc3ccc(Cl)cc3n2)c1. The highest BCUT2D eigenvalue weighted by Crippen LogP contribution is 2.40. The van der Waals surface area contributed by atoms with Crippen molar-refractivity contribution in [1.29, 1.82) is 0 Å². The van der Waals surface area contributed by atoms with Gasteiger partial charge in [-0.05, 0) is 42.2 Å². The van der Waals surface area contributed by atoms with Crippen LogP contribution in [0.25, 0.3) is 10.9 Å². The molecule has 8 heteroatoms. The molecule has 2 aromatic carbocycles. The van der Waals surface area contributed by atoms with Crippen molar-refractivity contribution in [2.75, 3.05) is 32.7 Å². The maximum Gasteiger partial charge on any atom is 0.306 e. The number of benzene rings is 2. The second kappa shape index (κ2) is 13.8. The first-order valence-electron chi connectivity index (χ1n) is 11.5. The van der Waals surface area contributed by atoms with Crippen molar-refractivity contribution in [2.45, 2.75) is 30.3 Å². The Hall–Kier alpha value is -2.22. The number of esters is 1. The van der Waals surface area contributed by atoms with E-state index in [1.165, 1.54) is 18.2 Å². The second-order valence-electron chi connectivity index (χ2n) is 8.32. The van der Waals surface area contributed by atoms with E-state index in [9.17, 15) is 9.59 Å². The van der Waals surface area contributed by atoms with Crippen molar-refractivity contribution in [3.8, 4) is 0 Å². The predicted molar refractivity (Wildman–Crippen MR) is 148 cm³/mol. The molecule has 3 rings (SSSR count). The number of carbonyl (C=O) groups is 2. The molecular formula is C27H31ClN2O3S2. The van der Waals surface area contributed by atoms with Crippen LogP contribution in [-0.4, -0.2) is 54.5 Å². The molecule has 0 aliphatic carbocycles. The minimum atomic E-state index is -0.207. The summed E-state index contributed by atoms with van der Waals surface area (Å²) in [6, 6.07) is 18.5. The summed E-state index contributed by atoms with van der Waals surface area (Å²) in [4.78, 5) is 30.0. The van der Waals surface area contributed by atoms with Crippen LogP contribution in [0, 0.1) is 0 Å². The zero-order chi connectivity index (χ0) is 25.2. The maximum absolute atomic E-state index is 12.0. The number of methoxy groups -OCH3 is 1. The first-order chi connectivity index (χ1) is 16.9. The monoisotopic (exact) mass is 530 g/mol. The van der Waals surface area contributed by atoms with Crippen LogP contribution < -0.4 is 0 Å². The molecule has 0 saturated carbocycles. The molecule has 1 heterocycles. The van der Waals surface area contributed by atoms with Crippen LogP contribution in [0.15, 0.2) is 54.6 Å². The average Bonchev–Trinajstić information content (AvgIpc) is 2.86. The van der Waals surface area contributed by atoms with Gasteiger partial charge < -0.3 is 9.64 Å². The predicted octanol–water partition coefficient (Wildman–Crippen LogP) is 6.18. The summed E-state index contributed by atoms with van der Waals surface area (Å²) in [5.74, 6) is 1.30. The molecule has 1 atom stereocenters. The first kappa shape index (κ1) is 27.4. The lowest BCUT2D eigenvalue weighted by molar-refractivity contribution is -0.140. The van der Waals surface area contributed by atoms with Crippen LogP contribution in [0.4, 0.5) is 0 Å². The summed E-state index contributed by atoms with van der Waals surface area (Å²) in [7, 11) is 4.96. The number of nitrogens with zero attached hydrogens (tertiary/aromatic N) is 2. The lowest BCUT2D eigenvalue weighted by Crippen LogP contribution is -2.21. The van der Waals surface area contributed by atoms with Gasteiger partial charge >= 0.3 is 5.97 Å². The van der Waals surface area contributed by atoms with Crippen LogP contribution in [0.2, 0.25) is 5.02 Å². The Morgan fingerprint density at radius 3 is 2.49 bits per heavy atom. The number of amides is 1. The Bertz CT molecular complexity index is 1160. The normalized spacial score (nSPS) is 11.9. The summed E-state index contributed by atoms with van der Waals surface area (Å²) in [5.41, 5.74) is 4.37. The summed E-state index contributed by atoms with van der Waals surface area (Å²) in [6.45, 7) is 0. The Kier molecular flexibility index (Phi) is 10.8. The molecule has 1 aromatic heterocycles. The Balaban J connectivity index is 1.67. The fourth-order valence-corrected chi connectivity index (χ4v) is 6.32. The number of ether oxygens (including phenoxy) is 1. The van der Waals surface area contributed by atoms with Crippen molar-refractivity contribution in [3.05, 3.63) is 76.4 Å². The van der Waals surface area contributed by atoms with Crippen molar-refractivity contribution >= 4 is 57.9 Å². The van der Waals surface area contributed by atoms with Gasteiger partial charge in [-0.1, -0.05) is 48.0 Å². The third-order valence-electron chi connectivity index (χ3n) is 5.49. The van der Waals surface area contributed by atoms with Crippen LogP contribution >= 0.6 is 35.1 Å². The third-order valence-corrected chi connectivity index (χ3v) is 8.57. The molecular weight excluding hydrogens is 500 g/mol. The molecule has 0 N–H and O–H groups in total. The Morgan fingerprint density at radius 2 is 1.74 bits per heavy atom. The van der Waals surface area contributed by atoms with Crippen LogP contribution in [0.1, 0.15) is 34.2 Å². The number of aryl methyl sites for hydroxylation is 2. The molecule has 3 aromatic rings. The van der Waals surface area contributed by atoms with Crippen LogP contribution in [0.5, 0.6) is 0 Å². The Labute approximate surface area is 221 Å². The van der Waals surface area contributed by atoms with E-state index in [1.807, 2.05) is 18.2 Å². The van der Waals surface area contributed by atoms with Gasteiger partial charge in [0.1, 0.15) is 0 Å². The quantitative estimate of drug-likeness (QED) is 0.206. The van der Waals surface area contributed by atoms with Gasteiger partial charge in [-0.15, -0.1) is 23.5 Å². The summed E-state index contributed by atoms with van der Waals surface area (Å²) < 4.78 is 4.92. The van der Waals surface area contributed by atoms with E-state index in [4.69, 9.17) is 21.3 Å². The van der Waals surface area contributed by atoms with Gasteiger partial charge in [-0.2, -0.15) is 0 Å². The minimum absolute atomic E-state index is 0.119. The Morgan fingerprint density at radius 1 is 1.00 bits per heavy atom. The summed E-state index contributed by atoms with van der Waals surface area (Å²) in [5, 5.41) is 1.77. The van der Waals surface area contributed by atoms with E-state index in [-0.39, 0.29) is 16.5 Å². The van der Waals surface area contributed by atoms with Gasteiger partial charge in [-0.3, -0.25) is 14.6 Å². The number of aromatic nitrogens is 1. The molecule has 0 fully saturated rings. The number of hydrogen-bond acceptors (Lipinski definition) is 6. The molecule has 1 amide bonds. The number of thioether (sulfide) groups is 2. The fourth-order valence-electron chi connectivity index (χ4n) is 3.51. The van der Waals surface area contributed by atoms with E-state index >= 15 is 0 Å². The maximum atomic E-state index is 12.0. The lowest BCUT2D eigenvalue weighted by atomic mass is 10.0. The number of carbonyl (C=O) groups excluding carboxylic acids is 2. The number of hydrogen-bond donors (Lipinski definition) is 0. The van der Waals surface area contributed by atoms with E-state index in [2.05, 4.69) is 36.4 Å². The zero-order valence-corrected chi connectivity index (χ0v) is 22.7. The van der Waals surface area contributed by atoms with E-state index < -0.39 is 0 Å². The number of fused-ring (bicyclic) bond motifs is 1. The molecule has 0 aliphatic heterocycles.